The molecule has 0 fully saturated rings. The van der Waals surface area contributed by atoms with Gasteiger partial charge in [0.1, 0.15) is 0 Å². The zero-order valence-electron chi connectivity index (χ0n) is 10.1. The topological polar surface area (TPSA) is 31.2 Å². The molecule has 0 saturated carbocycles. The fourth-order valence-corrected chi connectivity index (χ4v) is 1.94. The van der Waals surface area contributed by atoms with Crippen molar-refractivity contribution in [3.05, 3.63) is 33.9 Å². The van der Waals surface area contributed by atoms with E-state index in [1.165, 1.54) is 0 Å². The Morgan fingerprint density at radius 2 is 1.71 bits per heavy atom. The lowest BCUT2D eigenvalue weighted by Gasteiger charge is -2.20. The molecule has 1 heterocycles. The highest BCUT2D eigenvalue weighted by atomic mass is 35.5. The van der Waals surface area contributed by atoms with Crippen molar-refractivity contribution in [2.24, 2.45) is 5.41 Å². The molecule has 1 N–H and O–H groups in total. The van der Waals surface area contributed by atoms with E-state index in [4.69, 9.17) is 27.9 Å². The summed E-state index contributed by atoms with van der Waals surface area (Å²) in [6.07, 6.45) is 1.90. The van der Waals surface area contributed by atoms with Gasteiger partial charge in [0.15, 0.2) is 5.75 Å². The van der Waals surface area contributed by atoms with Crippen LogP contribution in [0.2, 0.25) is 10.0 Å². The fourth-order valence-electron chi connectivity index (χ4n) is 1.34. The van der Waals surface area contributed by atoms with E-state index < -0.39 is 0 Å². The van der Waals surface area contributed by atoms with Crippen LogP contribution in [0.4, 0.5) is 0 Å². The first-order valence-electron chi connectivity index (χ1n) is 5.46. The smallest absolute Gasteiger partial charge is 0.156 e. The summed E-state index contributed by atoms with van der Waals surface area (Å²) < 4.78 is 5.68. The Hall–Kier alpha value is -0.860. The van der Waals surface area contributed by atoms with Gasteiger partial charge in [0, 0.05) is 11.8 Å². The van der Waals surface area contributed by atoms with Crippen LogP contribution in [0.5, 0.6) is 5.75 Å². The van der Waals surface area contributed by atoms with E-state index in [1.54, 1.807) is 0 Å². The van der Waals surface area contributed by atoms with Gasteiger partial charge in [0.25, 0.3) is 0 Å². The minimum absolute atomic E-state index is 0.0753. The lowest BCUT2D eigenvalue weighted by molar-refractivity contribution is 0.198. The third-order valence-electron chi connectivity index (χ3n) is 2.25. The van der Waals surface area contributed by atoms with E-state index in [0.717, 1.165) is 11.3 Å². The van der Waals surface area contributed by atoms with Gasteiger partial charge in [0.2, 0.25) is 0 Å². The molecule has 0 unspecified atom stereocenters. The maximum atomic E-state index is 6.17. The summed E-state index contributed by atoms with van der Waals surface area (Å²) in [5.41, 5.74) is 2.12. The summed E-state index contributed by atoms with van der Waals surface area (Å²) in [5.74, 6) is 0.563. The molecule has 0 aliphatic carbocycles. The molecule has 2 nitrogen and oxygen atoms in total. The van der Waals surface area contributed by atoms with Gasteiger partial charge in [-0.05, 0) is 17.5 Å². The van der Waals surface area contributed by atoms with Gasteiger partial charge >= 0.3 is 0 Å². The molecule has 0 radical (unpaired) electrons. The molecule has 1 aromatic carbocycles. The predicted molar refractivity (Wildman–Crippen MR) is 72.5 cm³/mol. The van der Waals surface area contributed by atoms with E-state index in [1.807, 2.05) is 18.3 Å². The monoisotopic (exact) mass is 271 g/mol. The average molecular weight is 272 g/mol. The van der Waals surface area contributed by atoms with Gasteiger partial charge in [-0.25, -0.2) is 0 Å². The van der Waals surface area contributed by atoms with Crippen LogP contribution in [0.1, 0.15) is 26.3 Å². The fraction of sp³-hybridized carbons (Fsp3) is 0.385. The van der Waals surface area contributed by atoms with Crippen LogP contribution in [0, 0.1) is 5.41 Å². The van der Waals surface area contributed by atoms with Crippen molar-refractivity contribution in [1.82, 2.24) is 5.32 Å². The van der Waals surface area contributed by atoms with E-state index in [-0.39, 0.29) is 5.41 Å². The largest absolute Gasteiger partial charge is 0.490 e. The molecule has 17 heavy (non-hydrogen) atoms. The second-order valence-corrected chi connectivity index (χ2v) is 6.14. The lowest BCUT2D eigenvalue weighted by Crippen LogP contribution is -2.17. The highest BCUT2D eigenvalue weighted by molar-refractivity contribution is 6.37. The zero-order chi connectivity index (χ0) is 12.6. The Morgan fingerprint density at radius 3 is 2.12 bits per heavy atom. The Kier molecular flexibility index (Phi) is 3.28. The molecule has 1 aliphatic heterocycles. The summed E-state index contributed by atoms with van der Waals surface area (Å²) in [6, 6.07) is 3.72. The molecular formula is C13H15Cl2NO. The first kappa shape index (κ1) is 12.6. The second-order valence-electron chi connectivity index (χ2n) is 5.32. The van der Waals surface area contributed by atoms with Crippen LogP contribution >= 0.6 is 23.2 Å². The molecule has 4 heteroatoms. The molecule has 1 aliphatic rings. The quantitative estimate of drug-likeness (QED) is 0.888. The third-order valence-corrected chi connectivity index (χ3v) is 2.81. The minimum atomic E-state index is 0.0753. The summed E-state index contributed by atoms with van der Waals surface area (Å²) in [7, 11) is 0. The maximum absolute atomic E-state index is 6.17. The molecule has 0 saturated heterocycles. The van der Waals surface area contributed by atoms with Crippen molar-refractivity contribution < 1.29 is 4.74 Å². The number of benzene rings is 1. The van der Waals surface area contributed by atoms with Gasteiger partial charge in [-0.1, -0.05) is 44.0 Å². The van der Waals surface area contributed by atoms with Crippen molar-refractivity contribution in [1.29, 1.82) is 0 Å². The van der Waals surface area contributed by atoms with E-state index in [9.17, 15) is 0 Å². The summed E-state index contributed by atoms with van der Waals surface area (Å²) in [5, 5.41) is 4.11. The van der Waals surface area contributed by atoms with Crippen LogP contribution in [0.15, 0.2) is 18.3 Å². The normalized spacial score (nSPS) is 14.1. The van der Waals surface area contributed by atoms with Crippen molar-refractivity contribution in [3.8, 4) is 5.75 Å². The Bertz CT molecular complexity index is 452. The maximum Gasteiger partial charge on any atom is 0.156 e. The molecule has 0 bridgehead atoms. The van der Waals surface area contributed by atoms with Crippen molar-refractivity contribution >= 4 is 28.9 Å². The Balaban J connectivity index is 2.19. The zero-order valence-corrected chi connectivity index (χ0v) is 11.6. The molecule has 1 aromatic rings. The molecule has 92 valence electrons. The highest BCUT2D eigenvalue weighted by Gasteiger charge is 2.18. The van der Waals surface area contributed by atoms with Crippen LogP contribution < -0.4 is 10.1 Å². The first-order chi connectivity index (χ1) is 7.87. The second kappa shape index (κ2) is 4.43. The third kappa shape index (κ3) is 3.30. The standard InChI is InChI=1S/C13H15Cl2NO/c1-13(2,3)7-17-12-9(14)4-8(5-10(12)15)11-6-16-11/h4-6,16H,7H2,1-3H3. The predicted octanol–water partition coefficient (Wildman–Crippen LogP) is 4.32. The van der Waals surface area contributed by atoms with Crippen molar-refractivity contribution in [2.75, 3.05) is 6.61 Å². The van der Waals surface area contributed by atoms with E-state index in [0.29, 0.717) is 22.4 Å². The molecular weight excluding hydrogens is 257 g/mol. The van der Waals surface area contributed by atoms with Crippen LogP contribution in [-0.2, 0) is 0 Å². The van der Waals surface area contributed by atoms with Crippen molar-refractivity contribution in [2.45, 2.75) is 20.8 Å². The Morgan fingerprint density at radius 1 is 1.18 bits per heavy atom. The molecule has 0 atom stereocenters. The van der Waals surface area contributed by atoms with Gasteiger partial charge in [-0.3, -0.25) is 0 Å². The number of hydrogen-bond donors (Lipinski definition) is 1. The lowest BCUT2D eigenvalue weighted by atomic mass is 9.99. The summed E-state index contributed by atoms with van der Waals surface area (Å²) in [6.45, 7) is 6.87. The molecule has 0 amide bonds. The SMILES string of the molecule is CC(C)(C)COc1c(Cl)cc(C2=CN2)cc1Cl. The number of halogens is 2. The Labute approximate surface area is 112 Å². The van der Waals surface area contributed by atoms with Gasteiger partial charge < -0.3 is 10.1 Å². The number of hydrogen-bond acceptors (Lipinski definition) is 2. The molecule has 0 spiro atoms. The van der Waals surface area contributed by atoms with Crippen molar-refractivity contribution in [3.63, 3.8) is 0 Å². The van der Waals surface area contributed by atoms with Crippen LogP contribution in [0.25, 0.3) is 5.70 Å². The number of nitrogens with one attached hydrogen (secondary N) is 1. The number of ether oxygens (including phenoxy) is 1. The van der Waals surface area contributed by atoms with Gasteiger partial charge in [0.05, 0.1) is 22.3 Å². The average Bonchev–Trinajstić information content (AvgIpc) is 2.96. The van der Waals surface area contributed by atoms with E-state index >= 15 is 0 Å². The molecule has 0 aromatic heterocycles. The first-order valence-corrected chi connectivity index (χ1v) is 6.21. The van der Waals surface area contributed by atoms with Crippen LogP contribution in [0.3, 0.4) is 0 Å². The minimum Gasteiger partial charge on any atom is -0.490 e. The van der Waals surface area contributed by atoms with Gasteiger partial charge in [-0.2, -0.15) is 0 Å². The van der Waals surface area contributed by atoms with Crippen LogP contribution in [-0.4, -0.2) is 6.61 Å². The number of rotatable bonds is 3. The van der Waals surface area contributed by atoms with Gasteiger partial charge in [-0.15, -0.1) is 0 Å². The molecule has 2 rings (SSSR count). The highest BCUT2D eigenvalue weighted by Crippen LogP contribution is 2.37. The van der Waals surface area contributed by atoms with E-state index in [2.05, 4.69) is 26.1 Å². The summed E-state index contributed by atoms with van der Waals surface area (Å²) >= 11 is 12.3. The summed E-state index contributed by atoms with van der Waals surface area (Å²) in [4.78, 5) is 0.